The molecule has 2 aromatic carbocycles. The van der Waals surface area contributed by atoms with Crippen molar-refractivity contribution in [2.45, 2.75) is 51.7 Å². The Bertz CT molecular complexity index is 1130. The molecule has 33 heavy (non-hydrogen) atoms. The van der Waals surface area contributed by atoms with Crippen molar-refractivity contribution >= 4 is 5.91 Å². The van der Waals surface area contributed by atoms with E-state index in [0.29, 0.717) is 17.9 Å². The molecule has 0 fully saturated rings. The van der Waals surface area contributed by atoms with Crippen molar-refractivity contribution < 1.29 is 14.6 Å². The van der Waals surface area contributed by atoms with Crippen LogP contribution in [0.1, 0.15) is 48.9 Å². The Morgan fingerprint density at radius 2 is 1.91 bits per heavy atom. The summed E-state index contributed by atoms with van der Waals surface area (Å²) in [4.78, 5) is 17.4. The van der Waals surface area contributed by atoms with E-state index in [1.807, 2.05) is 50.2 Å². The molecule has 2 atom stereocenters. The van der Waals surface area contributed by atoms with Crippen LogP contribution < -0.4 is 10.1 Å². The molecule has 0 spiro atoms. The van der Waals surface area contributed by atoms with E-state index in [4.69, 9.17) is 4.74 Å². The number of nitrogens with one attached hydrogen (secondary N) is 1. The van der Waals surface area contributed by atoms with Gasteiger partial charge in [-0.3, -0.25) is 4.79 Å². The van der Waals surface area contributed by atoms with Gasteiger partial charge in [0.1, 0.15) is 5.75 Å². The Kier molecular flexibility index (Phi) is 7.34. The van der Waals surface area contributed by atoms with Gasteiger partial charge in [-0.2, -0.15) is 5.26 Å². The van der Waals surface area contributed by atoms with Gasteiger partial charge < -0.3 is 15.2 Å². The van der Waals surface area contributed by atoms with Gasteiger partial charge in [0, 0.05) is 24.2 Å². The topological polar surface area (TPSA) is 95.2 Å². The van der Waals surface area contributed by atoms with E-state index >= 15 is 0 Å². The highest BCUT2D eigenvalue weighted by atomic mass is 16.5. The third-order valence-corrected chi connectivity index (χ3v) is 5.59. The minimum atomic E-state index is -1.13. The molecule has 2 N–H and O–H groups in total. The number of rotatable bonds is 8. The lowest BCUT2D eigenvalue weighted by molar-refractivity contribution is -0.135. The second-order valence-corrected chi connectivity index (χ2v) is 8.76. The summed E-state index contributed by atoms with van der Waals surface area (Å²) in [6, 6.07) is 20.0. The number of aromatic hydroxyl groups is 1. The SMILES string of the molecule is Cc1ccc(OC(C)(C)C(=O)NC(C)C(Cc2ccc(O)cc2)c2cccc(C#N)c2)nc1. The third kappa shape index (κ3) is 6.33. The third-order valence-electron chi connectivity index (χ3n) is 5.59. The summed E-state index contributed by atoms with van der Waals surface area (Å²) in [6.07, 6.45) is 2.32. The average Bonchev–Trinajstić information content (AvgIpc) is 2.80. The van der Waals surface area contributed by atoms with E-state index < -0.39 is 5.60 Å². The number of ether oxygens (including phenoxy) is 1. The van der Waals surface area contributed by atoms with Gasteiger partial charge in [0.2, 0.25) is 5.88 Å². The molecule has 0 bridgehead atoms. The molecule has 6 heteroatoms. The first-order chi connectivity index (χ1) is 15.7. The Labute approximate surface area is 194 Å². The zero-order valence-corrected chi connectivity index (χ0v) is 19.4. The first kappa shape index (κ1) is 23.8. The smallest absolute Gasteiger partial charge is 0.263 e. The molecular weight excluding hydrogens is 414 g/mol. The van der Waals surface area contributed by atoms with Gasteiger partial charge in [0.25, 0.3) is 5.91 Å². The molecule has 0 aliphatic heterocycles. The number of hydrogen-bond acceptors (Lipinski definition) is 5. The van der Waals surface area contributed by atoms with Crippen molar-refractivity contribution in [2.75, 3.05) is 0 Å². The summed E-state index contributed by atoms with van der Waals surface area (Å²) in [6.45, 7) is 7.30. The predicted octanol–water partition coefficient (Wildman–Crippen LogP) is 4.66. The first-order valence-corrected chi connectivity index (χ1v) is 10.9. The fraction of sp³-hybridized carbons (Fsp3) is 0.296. The summed E-state index contributed by atoms with van der Waals surface area (Å²) >= 11 is 0. The maximum absolute atomic E-state index is 13.2. The lowest BCUT2D eigenvalue weighted by atomic mass is 9.85. The second kappa shape index (κ2) is 10.2. The number of amides is 1. The quantitative estimate of drug-likeness (QED) is 0.528. The fourth-order valence-electron chi connectivity index (χ4n) is 3.61. The highest BCUT2D eigenvalue weighted by molar-refractivity contribution is 5.85. The molecule has 170 valence electrons. The van der Waals surface area contributed by atoms with Crippen LogP contribution >= 0.6 is 0 Å². The van der Waals surface area contributed by atoms with E-state index in [1.54, 1.807) is 44.3 Å². The van der Waals surface area contributed by atoms with Gasteiger partial charge in [-0.25, -0.2) is 4.98 Å². The zero-order valence-electron chi connectivity index (χ0n) is 19.4. The maximum Gasteiger partial charge on any atom is 0.263 e. The van der Waals surface area contributed by atoms with Gasteiger partial charge in [0.15, 0.2) is 5.60 Å². The molecule has 0 saturated carbocycles. The molecule has 2 unspecified atom stereocenters. The lowest BCUT2D eigenvalue weighted by Gasteiger charge is -2.30. The lowest BCUT2D eigenvalue weighted by Crippen LogP contribution is -2.51. The predicted molar refractivity (Wildman–Crippen MR) is 127 cm³/mol. The van der Waals surface area contributed by atoms with Crippen LogP contribution in [-0.2, 0) is 11.2 Å². The Balaban J connectivity index is 1.81. The molecule has 0 radical (unpaired) electrons. The Morgan fingerprint density at radius 1 is 1.18 bits per heavy atom. The zero-order chi connectivity index (χ0) is 24.0. The molecule has 1 heterocycles. The summed E-state index contributed by atoms with van der Waals surface area (Å²) in [5.41, 5.74) is 2.41. The van der Waals surface area contributed by atoms with Crippen molar-refractivity contribution in [3.05, 3.63) is 89.1 Å². The normalized spacial score (nSPS) is 12.9. The minimum Gasteiger partial charge on any atom is -0.508 e. The Morgan fingerprint density at radius 3 is 2.55 bits per heavy atom. The molecule has 6 nitrogen and oxygen atoms in total. The van der Waals surface area contributed by atoms with Crippen LogP contribution in [0.5, 0.6) is 11.6 Å². The number of carbonyl (C=O) groups excluding carboxylic acids is 1. The number of nitriles is 1. The second-order valence-electron chi connectivity index (χ2n) is 8.76. The molecule has 0 aliphatic carbocycles. The molecular formula is C27H29N3O3. The van der Waals surface area contributed by atoms with Crippen LogP contribution in [0.4, 0.5) is 0 Å². The maximum atomic E-state index is 13.2. The summed E-state index contributed by atoms with van der Waals surface area (Å²) in [7, 11) is 0. The molecule has 3 rings (SSSR count). The van der Waals surface area contributed by atoms with E-state index in [2.05, 4.69) is 16.4 Å². The fourth-order valence-corrected chi connectivity index (χ4v) is 3.61. The van der Waals surface area contributed by atoms with Gasteiger partial charge >= 0.3 is 0 Å². The van der Waals surface area contributed by atoms with Gasteiger partial charge in [-0.15, -0.1) is 0 Å². The van der Waals surface area contributed by atoms with Crippen LogP contribution in [0.25, 0.3) is 0 Å². The number of carbonyl (C=O) groups is 1. The number of pyridine rings is 1. The first-order valence-electron chi connectivity index (χ1n) is 10.9. The number of phenols is 1. The van der Waals surface area contributed by atoms with Crippen LogP contribution in [0.3, 0.4) is 0 Å². The van der Waals surface area contributed by atoms with E-state index in [-0.39, 0.29) is 23.6 Å². The van der Waals surface area contributed by atoms with Crippen molar-refractivity contribution in [3.8, 4) is 17.7 Å². The number of hydrogen-bond donors (Lipinski definition) is 2. The number of aryl methyl sites for hydroxylation is 1. The van der Waals surface area contributed by atoms with Gasteiger partial charge in [-0.1, -0.05) is 30.3 Å². The number of benzene rings is 2. The Hall–Kier alpha value is -3.85. The van der Waals surface area contributed by atoms with Crippen molar-refractivity contribution in [3.63, 3.8) is 0 Å². The monoisotopic (exact) mass is 443 g/mol. The van der Waals surface area contributed by atoms with Crippen LogP contribution in [0.2, 0.25) is 0 Å². The number of aromatic nitrogens is 1. The van der Waals surface area contributed by atoms with Crippen molar-refractivity contribution in [2.24, 2.45) is 0 Å². The molecule has 1 amide bonds. The summed E-state index contributed by atoms with van der Waals surface area (Å²) in [5, 5.41) is 22.1. The summed E-state index contributed by atoms with van der Waals surface area (Å²) < 4.78 is 5.88. The van der Waals surface area contributed by atoms with E-state index in [0.717, 1.165) is 16.7 Å². The van der Waals surface area contributed by atoms with E-state index in [1.165, 1.54) is 0 Å². The number of nitrogens with zero attached hydrogens (tertiary/aromatic N) is 2. The van der Waals surface area contributed by atoms with Gasteiger partial charge in [0.05, 0.1) is 11.6 Å². The van der Waals surface area contributed by atoms with Crippen LogP contribution in [0, 0.1) is 18.3 Å². The number of phenolic OH excluding ortho intramolecular Hbond substituents is 1. The van der Waals surface area contributed by atoms with E-state index in [9.17, 15) is 15.2 Å². The van der Waals surface area contributed by atoms with Gasteiger partial charge in [-0.05, 0) is 75.1 Å². The van der Waals surface area contributed by atoms with Crippen molar-refractivity contribution in [1.29, 1.82) is 5.26 Å². The molecule has 0 aliphatic rings. The largest absolute Gasteiger partial charge is 0.508 e. The standard InChI is InChI=1S/C27H29N3O3/c1-18-8-13-25(29-17-18)33-27(3,4)26(32)30-19(2)24(15-20-9-11-23(31)12-10-20)22-7-5-6-21(14-22)16-28/h5-14,17,19,24,31H,15H2,1-4H3,(H,30,32). The summed E-state index contributed by atoms with van der Waals surface area (Å²) in [5.74, 6) is 0.229. The molecule has 3 aromatic rings. The average molecular weight is 444 g/mol. The molecule has 1 aromatic heterocycles. The minimum absolute atomic E-state index is 0.0971. The highest BCUT2D eigenvalue weighted by Gasteiger charge is 2.33. The molecule has 0 saturated heterocycles. The van der Waals surface area contributed by atoms with Crippen LogP contribution in [0.15, 0.2) is 66.9 Å². The van der Waals surface area contributed by atoms with Crippen molar-refractivity contribution in [1.82, 2.24) is 10.3 Å². The van der Waals surface area contributed by atoms with Crippen LogP contribution in [-0.4, -0.2) is 27.6 Å². The highest BCUT2D eigenvalue weighted by Crippen LogP contribution is 2.27.